The van der Waals surface area contributed by atoms with Gasteiger partial charge >= 0.3 is 0 Å². The van der Waals surface area contributed by atoms with E-state index in [1.165, 1.54) is 11.1 Å². The first kappa shape index (κ1) is 29.7. The number of pyridine rings is 1. The Labute approximate surface area is 299 Å². The van der Waals surface area contributed by atoms with Gasteiger partial charge in [0.05, 0.1) is 5.69 Å². The molecule has 0 amide bonds. The molecule has 0 aliphatic rings. The van der Waals surface area contributed by atoms with Crippen LogP contribution in [0, 0.1) is 0 Å². The molecular weight excluding hydrogens is 639 g/mol. The van der Waals surface area contributed by atoms with Crippen molar-refractivity contribution < 1.29 is 4.42 Å². The standard InChI is InChI=1S/C46H29N5O/c1-3-11-30(12-4-1)32-15-9-16-33(25-32)34-17-10-18-36(26-34)45-48-44(31-13-5-2-6-14-31)49-46(50-45)37-21-23-39-38-22-20-35(27-41(38)52-42(39)28-37)40-29-51-24-8-7-19-43(51)47-40/h1-29H. The minimum absolute atomic E-state index is 0.577. The third-order valence-corrected chi connectivity index (χ3v) is 9.48. The largest absolute Gasteiger partial charge is 0.456 e. The molecule has 0 fully saturated rings. The summed E-state index contributed by atoms with van der Waals surface area (Å²) in [6.45, 7) is 0. The third-order valence-electron chi connectivity index (χ3n) is 9.48. The number of nitrogens with zero attached hydrogens (tertiary/aromatic N) is 5. The van der Waals surface area contributed by atoms with Crippen LogP contribution in [0.5, 0.6) is 0 Å². The van der Waals surface area contributed by atoms with Gasteiger partial charge in [0.15, 0.2) is 17.5 Å². The van der Waals surface area contributed by atoms with E-state index in [0.29, 0.717) is 17.5 Å². The van der Waals surface area contributed by atoms with Gasteiger partial charge in [0.1, 0.15) is 16.8 Å². The molecule has 52 heavy (non-hydrogen) atoms. The quantitative estimate of drug-likeness (QED) is 0.176. The number of rotatable bonds is 6. The van der Waals surface area contributed by atoms with Crippen molar-refractivity contribution in [1.29, 1.82) is 0 Å². The van der Waals surface area contributed by atoms with Gasteiger partial charge in [-0.2, -0.15) is 0 Å². The van der Waals surface area contributed by atoms with Crippen molar-refractivity contribution in [2.45, 2.75) is 0 Å². The molecule has 0 N–H and O–H groups in total. The summed E-state index contributed by atoms with van der Waals surface area (Å²) in [5, 5.41) is 2.08. The zero-order chi connectivity index (χ0) is 34.4. The van der Waals surface area contributed by atoms with Crippen LogP contribution in [0.3, 0.4) is 0 Å². The minimum atomic E-state index is 0.577. The number of benzene rings is 6. The van der Waals surface area contributed by atoms with E-state index < -0.39 is 0 Å². The maximum absolute atomic E-state index is 6.48. The minimum Gasteiger partial charge on any atom is -0.456 e. The van der Waals surface area contributed by atoms with E-state index in [1.807, 2.05) is 77.5 Å². The molecule has 0 aliphatic carbocycles. The Morgan fingerprint density at radius 1 is 0.365 bits per heavy atom. The number of aromatic nitrogens is 5. The predicted octanol–water partition coefficient (Wildman–Crippen LogP) is 11.4. The average molecular weight is 668 g/mol. The predicted molar refractivity (Wildman–Crippen MR) is 208 cm³/mol. The van der Waals surface area contributed by atoms with E-state index in [1.54, 1.807) is 0 Å². The molecule has 6 nitrogen and oxygen atoms in total. The van der Waals surface area contributed by atoms with Crippen molar-refractivity contribution in [3.63, 3.8) is 0 Å². The molecule has 0 bridgehead atoms. The Kier molecular flexibility index (Phi) is 7.03. The van der Waals surface area contributed by atoms with Crippen LogP contribution in [0.15, 0.2) is 181 Å². The molecule has 0 spiro atoms. The van der Waals surface area contributed by atoms with Gasteiger partial charge in [-0.25, -0.2) is 19.9 Å². The normalized spacial score (nSPS) is 11.5. The first-order valence-corrected chi connectivity index (χ1v) is 17.2. The van der Waals surface area contributed by atoms with Gasteiger partial charge < -0.3 is 8.82 Å². The third kappa shape index (κ3) is 5.39. The van der Waals surface area contributed by atoms with Crippen molar-refractivity contribution in [1.82, 2.24) is 24.3 Å². The first-order valence-electron chi connectivity index (χ1n) is 17.2. The van der Waals surface area contributed by atoms with Crippen molar-refractivity contribution in [3.05, 3.63) is 176 Å². The van der Waals surface area contributed by atoms with Crippen LogP contribution in [0.2, 0.25) is 0 Å². The van der Waals surface area contributed by atoms with Crippen molar-refractivity contribution >= 4 is 27.6 Å². The van der Waals surface area contributed by atoms with Crippen LogP contribution in [0.1, 0.15) is 0 Å². The molecule has 4 aromatic heterocycles. The SMILES string of the molecule is c1ccc(-c2cccc(-c3cccc(-c4nc(-c5ccccc5)nc(-c5ccc6c(c5)oc5cc(-c7cn8ccccc8n7)ccc56)n4)c3)c2)cc1. The molecule has 10 aromatic rings. The van der Waals surface area contributed by atoms with Crippen LogP contribution in [-0.2, 0) is 0 Å². The summed E-state index contributed by atoms with van der Waals surface area (Å²) >= 11 is 0. The van der Waals surface area contributed by atoms with Crippen molar-refractivity contribution in [2.75, 3.05) is 0 Å². The van der Waals surface area contributed by atoms with Crippen molar-refractivity contribution in [2.24, 2.45) is 0 Å². The van der Waals surface area contributed by atoms with E-state index in [9.17, 15) is 0 Å². The maximum atomic E-state index is 6.48. The Hall–Kier alpha value is -7.18. The van der Waals surface area contributed by atoms with Gasteiger partial charge in [-0.3, -0.25) is 0 Å². The summed E-state index contributed by atoms with van der Waals surface area (Å²) in [5.41, 5.74) is 11.6. The van der Waals surface area contributed by atoms with Crippen LogP contribution in [0.25, 0.3) is 95.3 Å². The van der Waals surface area contributed by atoms with Gasteiger partial charge in [0, 0.05) is 45.4 Å². The van der Waals surface area contributed by atoms with Gasteiger partial charge in [0.2, 0.25) is 0 Å². The fourth-order valence-corrected chi connectivity index (χ4v) is 6.85. The molecule has 10 rings (SSSR count). The summed E-state index contributed by atoms with van der Waals surface area (Å²) < 4.78 is 8.51. The fraction of sp³-hybridized carbons (Fsp3) is 0. The van der Waals surface area contributed by atoms with E-state index in [0.717, 1.165) is 66.7 Å². The molecular formula is C46H29N5O. The number of hydrogen-bond donors (Lipinski definition) is 0. The molecule has 0 atom stereocenters. The second-order valence-corrected chi connectivity index (χ2v) is 12.8. The number of imidazole rings is 1. The monoisotopic (exact) mass is 667 g/mol. The van der Waals surface area contributed by atoms with Gasteiger partial charge in [0.25, 0.3) is 0 Å². The Morgan fingerprint density at radius 3 is 1.54 bits per heavy atom. The van der Waals surface area contributed by atoms with Gasteiger partial charge in [-0.05, 0) is 70.8 Å². The molecule has 244 valence electrons. The molecule has 0 saturated heterocycles. The lowest BCUT2D eigenvalue weighted by molar-refractivity contribution is 0.669. The van der Waals surface area contributed by atoms with Crippen LogP contribution in [0.4, 0.5) is 0 Å². The van der Waals surface area contributed by atoms with E-state index >= 15 is 0 Å². The highest BCUT2D eigenvalue weighted by molar-refractivity contribution is 6.06. The lowest BCUT2D eigenvalue weighted by Gasteiger charge is -2.10. The summed E-state index contributed by atoms with van der Waals surface area (Å²) in [7, 11) is 0. The topological polar surface area (TPSA) is 69.1 Å². The second kappa shape index (κ2) is 12.3. The lowest BCUT2D eigenvalue weighted by Crippen LogP contribution is -2.00. The number of furan rings is 1. The first-order chi connectivity index (χ1) is 25.7. The Morgan fingerprint density at radius 2 is 0.865 bits per heavy atom. The zero-order valence-corrected chi connectivity index (χ0v) is 27.9. The summed E-state index contributed by atoms with van der Waals surface area (Å²) in [5.74, 6) is 1.79. The number of hydrogen-bond acceptors (Lipinski definition) is 5. The van der Waals surface area contributed by atoms with E-state index in [2.05, 4.69) is 103 Å². The zero-order valence-electron chi connectivity index (χ0n) is 27.9. The summed E-state index contributed by atoms with van der Waals surface area (Å²) in [6.07, 6.45) is 4.04. The number of fused-ring (bicyclic) bond motifs is 4. The molecule has 4 heterocycles. The highest BCUT2D eigenvalue weighted by Gasteiger charge is 2.16. The van der Waals surface area contributed by atoms with Gasteiger partial charge in [-0.15, -0.1) is 0 Å². The second-order valence-electron chi connectivity index (χ2n) is 12.8. The summed E-state index contributed by atoms with van der Waals surface area (Å²) in [6, 6.07) is 56.0. The molecule has 0 unspecified atom stereocenters. The smallest absolute Gasteiger partial charge is 0.164 e. The van der Waals surface area contributed by atoms with Crippen LogP contribution >= 0.6 is 0 Å². The van der Waals surface area contributed by atoms with Crippen LogP contribution < -0.4 is 0 Å². The molecule has 0 aliphatic heterocycles. The molecule has 0 saturated carbocycles. The molecule has 0 radical (unpaired) electrons. The lowest BCUT2D eigenvalue weighted by atomic mass is 9.98. The maximum Gasteiger partial charge on any atom is 0.164 e. The Balaban J connectivity index is 1.06. The van der Waals surface area contributed by atoms with Crippen LogP contribution in [-0.4, -0.2) is 24.3 Å². The molecule has 6 heteroatoms. The average Bonchev–Trinajstić information content (AvgIpc) is 3.83. The van der Waals surface area contributed by atoms with E-state index in [-0.39, 0.29) is 0 Å². The van der Waals surface area contributed by atoms with Crippen molar-refractivity contribution in [3.8, 4) is 67.7 Å². The molecule has 6 aromatic carbocycles. The summed E-state index contributed by atoms with van der Waals surface area (Å²) in [4.78, 5) is 19.8. The highest BCUT2D eigenvalue weighted by Crippen LogP contribution is 2.35. The van der Waals surface area contributed by atoms with Gasteiger partial charge in [-0.1, -0.05) is 115 Å². The highest BCUT2D eigenvalue weighted by atomic mass is 16.3. The Bertz CT molecular complexity index is 2880. The van der Waals surface area contributed by atoms with E-state index in [4.69, 9.17) is 24.4 Å². The fourth-order valence-electron chi connectivity index (χ4n) is 6.85.